The molecule has 1 aromatic rings. The van der Waals surface area contributed by atoms with Gasteiger partial charge in [-0.3, -0.25) is 9.78 Å². The Kier molecular flexibility index (Phi) is 8.78. The van der Waals surface area contributed by atoms with E-state index in [1.54, 1.807) is 12.4 Å². The Balaban J connectivity index is 0.00000180. The van der Waals surface area contributed by atoms with E-state index in [0.717, 1.165) is 19.4 Å². The van der Waals surface area contributed by atoms with E-state index >= 15 is 0 Å². The molecule has 2 rings (SSSR count). The molecule has 6 heteroatoms. The molecule has 1 saturated heterocycles. The molecule has 1 aliphatic heterocycles. The van der Waals surface area contributed by atoms with Gasteiger partial charge in [-0.1, -0.05) is 0 Å². The molecule has 2 N–H and O–H groups in total. The largest absolute Gasteiger partial charge is 0.340 e. The SMILES string of the molecule is CC1CC(CN)CN1C(=O)CCc1ccncc1.Cl.Cl. The molecule has 1 aliphatic rings. The molecule has 2 heterocycles. The molecule has 20 heavy (non-hydrogen) atoms. The van der Waals surface area contributed by atoms with Crippen LogP contribution in [-0.2, 0) is 11.2 Å². The van der Waals surface area contributed by atoms with Crippen LogP contribution in [0.4, 0.5) is 0 Å². The maximum atomic E-state index is 12.2. The van der Waals surface area contributed by atoms with Crippen LogP contribution in [0.5, 0.6) is 0 Å². The van der Waals surface area contributed by atoms with E-state index in [9.17, 15) is 4.79 Å². The maximum absolute atomic E-state index is 12.2. The number of nitrogens with zero attached hydrogens (tertiary/aromatic N) is 2. The van der Waals surface area contributed by atoms with Crippen LogP contribution in [-0.4, -0.2) is 34.9 Å². The van der Waals surface area contributed by atoms with Crippen molar-refractivity contribution in [2.24, 2.45) is 11.7 Å². The van der Waals surface area contributed by atoms with Crippen molar-refractivity contribution >= 4 is 30.7 Å². The molecule has 1 aromatic heterocycles. The van der Waals surface area contributed by atoms with Crippen LogP contribution in [0.15, 0.2) is 24.5 Å². The number of hydrogen-bond donors (Lipinski definition) is 1. The van der Waals surface area contributed by atoms with Crippen molar-refractivity contribution in [3.05, 3.63) is 30.1 Å². The second-order valence-electron chi connectivity index (χ2n) is 5.09. The topological polar surface area (TPSA) is 59.2 Å². The van der Waals surface area contributed by atoms with E-state index in [4.69, 9.17) is 5.73 Å². The van der Waals surface area contributed by atoms with E-state index in [2.05, 4.69) is 11.9 Å². The molecule has 0 saturated carbocycles. The number of aromatic nitrogens is 1. The van der Waals surface area contributed by atoms with E-state index in [1.807, 2.05) is 17.0 Å². The molecule has 0 radical (unpaired) electrons. The Bertz CT molecular complexity index is 403. The zero-order valence-electron chi connectivity index (χ0n) is 11.7. The summed E-state index contributed by atoms with van der Waals surface area (Å²) < 4.78 is 0. The van der Waals surface area contributed by atoms with Crippen molar-refractivity contribution in [1.82, 2.24) is 9.88 Å². The lowest BCUT2D eigenvalue weighted by Crippen LogP contribution is -2.34. The molecular formula is C14H23Cl2N3O. The van der Waals surface area contributed by atoms with Gasteiger partial charge >= 0.3 is 0 Å². The standard InChI is InChI=1S/C14H21N3O.2ClH/c1-11-8-13(9-15)10-17(11)14(18)3-2-12-4-6-16-7-5-12;;/h4-7,11,13H,2-3,8-10,15H2,1H3;2*1H. The number of carbonyl (C=O) groups excluding carboxylic acids is 1. The smallest absolute Gasteiger partial charge is 0.223 e. The highest BCUT2D eigenvalue weighted by molar-refractivity contribution is 5.85. The van der Waals surface area contributed by atoms with Gasteiger partial charge in [-0.05, 0) is 49.9 Å². The van der Waals surface area contributed by atoms with Crippen LogP contribution in [0.3, 0.4) is 0 Å². The Morgan fingerprint density at radius 3 is 2.60 bits per heavy atom. The Morgan fingerprint density at radius 2 is 2.05 bits per heavy atom. The van der Waals surface area contributed by atoms with Gasteiger partial charge in [0, 0.05) is 31.4 Å². The van der Waals surface area contributed by atoms with E-state index in [0.29, 0.717) is 24.9 Å². The second kappa shape index (κ2) is 9.16. The predicted octanol–water partition coefficient (Wildman–Crippen LogP) is 2.05. The average Bonchev–Trinajstić information content (AvgIpc) is 2.78. The predicted molar refractivity (Wildman–Crippen MR) is 85.4 cm³/mol. The fourth-order valence-corrected chi connectivity index (χ4v) is 2.61. The number of nitrogens with two attached hydrogens (primary N) is 1. The van der Waals surface area contributed by atoms with Crippen LogP contribution in [0, 0.1) is 5.92 Å². The third kappa shape index (κ3) is 4.93. The molecule has 4 nitrogen and oxygen atoms in total. The van der Waals surface area contributed by atoms with Crippen molar-refractivity contribution in [2.75, 3.05) is 13.1 Å². The zero-order valence-corrected chi connectivity index (χ0v) is 13.3. The van der Waals surface area contributed by atoms with E-state index in [1.165, 1.54) is 5.56 Å². The van der Waals surface area contributed by atoms with Gasteiger partial charge in [-0.2, -0.15) is 0 Å². The molecule has 0 aromatic carbocycles. The van der Waals surface area contributed by atoms with E-state index < -0.39 is 0 Å². The first kappa shape index (κ1) is 19.2. The first-order valence-electron chi connectivity index (χ1n) is 6.59. The summed E-state index contributed by atoms with van der Waals surface area (Å²) in [4.78, 5) is 18.1. The van der Waals surface area contributed by atoms with Crippen molar-refractivity contribution in [3.63, 3.8) is 0 Å². The summed E-state index contributed by atoms with van der Waals surface area (Å²) in [6.45, 7) is 3.62. The highest BCUT2D eigenvalue weighted by Gasteiger charge is 2.30. The number of likely N-dealkylation sites (tertiary alicyclic amines) is 1. The summed E-state index contributed by atoms with van der Waals surface area (Å²) >= 11 is 0. The fraction of sp³-hybridized carbons (Fsp3) is 0.571. The van der Waals surface area contributed by atoms with Crippen molar-refractivity contribution in [1.29, 1.82) is 0 Å². The molecule has 2 atom stereocenters. The van der Waals surface area contributed by atoms with Gasteiger partial charge in [0.05, 0.1) is 0 Å². The number of amides is 1. The summed E-state index contributed by atoms with van der Waals surface area (Å²) in [6, 6.07) is 4.26. The van der Waals surface area contributed by atoms with Crippen LogP contribution < -0.4 is 5.73 Å². The number of pyridine rings is 1. The number of halogens is 2. The highest BCUT2D eigenvalue weighted by atomic mass is 35.5. The van der Waals surface area contributed by atoms with Gasteiger partial charge in [0.25, 0.3) is 0 Å². The lowest BCUT2D eigenvalue weighted by molar-refractivity contribution is -0.131. The molecule has 114 valence electrons. The Hall–Kier alpha value is -0.840. The summed E-state index contributed by atoms with van der Waals surface area (Å²) in [5, 5.41) is 0. The lowest BCUT2D eigenvalue weighted by Gasteiger charge is -2.21. The van der Waals surface area contributed by atoms with Crippen LogP contribution in [0.25, 0.3) is 0 Å². The monoisotopic (exact) mass is 319 g/mol. The van der Waals surface area contributed by atoms with E-state index in [-0.39, 0.29) is 30.7 Å². The van der Waals surface area contributed by atoms with Crippen LogP contribution in [0.2, 0.25) is 0 Å². The number of rotatable bonds is 4. The maximum Gasteiger partial charge on any atom is 0.223 e. The second-order valence-corrected chi connectivity index (χ2v) is 5.09. The summed E-state index contributed by atoms with van der Waals surface area (Å²) in [5.41, 5.74) is 6.85. The lowest BCUT2D eigenvalue weighted by atomic mass is 10.1. The minimum Gasteiger partial charge on any atom is -0.340 e. The van der Waals surface area contributed by atoms with Gasteiger partial charge in [-0.25, -0.2) is 0 Å². The third-order valence-corrected chi connectivity index (χ3v) is 3.69. The Labute approximate surface area is 132 Å². The molecule has 1 amide bonds. The zero-order chi connectivity index (χ0) is 13.0. The minimum absolute atomic E-state index is 0. The molecule has 1 fully saturated rings. The summed E-state index contributed by atoms with van der Waals surface area (Å²) in [5.74, 6) is 0.722. The fourth-order valence-electron chi connectivity index (χ4n) is 2.61. The minimum atomic E-state index is 0. The van der Waals surface area contributed by atoms with Gasteiger partial charge in [-0.15, -0.1) is 24.8 Å². The van der Waals surface area contributed by atoms with Crippen molar-refractivity contribution in [2.45, 2.75) is 32.2 Å². The van der Waals surface area contributed by atoms with Crippen molar-refractivity contribution < 1.29 is 4.79 Å². The van der Waals surface area contributed by atoms with Crippen LogP contribution in [0.1, 0.15) is 25.3 Å². The molecule has 2 unspecified atom stereocenters. The van der Waals surface area contributed by atoms with Crippen molar-refractivity contribution in [3.8, 4) is 0 Å². The summed E-state index contributed by atoms with van der Waals surface area (Å²) in [7, 11) is 0. The highest BCUT2D eigenvalue weighted by Crippen LogP contribution is 2.23. The summed E-state index contributed by atoms with van der Waals surface area (Å²) in [6.07, 6.45) is 5.94. The Morgan fingerprint density at radius 1 is 1.40 bits per heavy atom. The quantitative estimate of drug-likeness (QED) is 0.924. The molecule has 0 aliphatic carbocycles. The first-order valence-corrected chi connectivity index (χ1v) is 6.59. The third-order valence-electron chi connectivity index (χ3n) is 3.69. The first-order chi connectivity index (χ1) is 8.70. The van der Waals surface area contributed by atoms with Gasteiger partial charge < -0.3 is 10.6 Å². The number of carbonyl (C=O) groups is 1. The molecule has 0 bridgehead atoms. The normalized spacial score (nSPS) is 21.0. The van der Waals surface area contributed by atoms with Crippen LogP contribution >= 0.6 is 24.8 Å². The molecular weight excluding hydrogens is 297 g/mol. The van der Waals surface area contributed by atoms with Gasteiger partial charge in [0.1, 0.15) is 0 Å². The number of aryl methyl sites for hydroxylation is 1. The molecule has 0 spiro atoms. The average molecular weight is 320 g/mol. The van der Waals surface area contributed by atoms with Gasteiger partial charge in [0.2, 0.25) is 5.91 Å². The number of hydrogen-bond acceptors (Lipinski definition) is 3. The van der Waals surface area contributed by atoms with Gasteiger partial charge in [0.15, 0.2) is 0 Å².